The number of hydrogen-bond acceptors (Lipinski definition) is 3. The molecule has 2 heterocycles. The summed E-state index contributed by atoms with van der Waals surface area (Å²) in [6.45, 7) is 0.232. The number of fused-ring (bicyclic) bond motifs is 2. The van der Waals surface area contributed by atoms with Crippen LogP contribution in [0.1, 0.15) is 33.3 Å². The summed E-state index contributed by atoms with van der Waals surface area (Å²) in [6, 6.07) is 19.0. The molecule has 1 aromatic heterocycles. The summed E-state index contributed by atoms with van der Waals surface area (Å²) in [7, 11) is 0. The summed E-state index contributed by atoms with van der Waals surface area (Å²) in [5.74, 6) is -0.288. The predicted molar refractivity (Wildman–Crippen MR) is 125 cm³/mol. The monoisotopic (exact) mass is 513 g/mol. The molecule has 0 aliphatic carbocycles. The number of amides is 1. The van der Waals surface area contributed by atoms with Crippen molar-refractivity contribution in [3.8, 4) is 0 Å². The quantitative estimate of drug-likeness (QED) is 0.309. The molecule has 5 rings (SSSR count). The van der Waals surface area contributed by atoms with Crippen LogP contribution < -0.4 is 5.43 Å². The van der Waals surface area contributed by atoms with Crippen molar-refractivity contribution in [2.45, 2.75) is 12.6 Å². The van der Waals surface area contributed by atoms with Crippen molar-refractivity contribution in [3.63, 3.8) is 0 Å². The van der Waals surface area contributed by atoms with Gasteiger partial charge < -0.3 is 9.32 Å². The maximum Gasteiger partial charge on any atom is 0.291 e. The van der Waals surface area contributed by atoms with Crippen LogP contribution in [-0.4, -0.2) is 10.8 Å². The van der Waals surface area contributed by atoms with Crippen molar-refractivity contribution in [1.82, 2.24) is 4.90 Å². The molecule has 0 saturated carbocycles. The van der Waals surface area contributed by atoms with Gasteiger partial charge in [0.1, 0.15) is 5.58 Å². The molecule has 0 N–H and O–H groups in total. The second-order valence-corrected chi connectivity index (χ2v) is 9.05. The van der Waals surface area contributed by atoms with Crippen LogP contribution in [0.25, 0.3) is 11.0 Å². The minimum atomic E-state index is -0.615. The lowest BCUT2D eigenvalue weighted by Crippen LogP contribution is -2.29. The summed E-state index contributed by atoms with van der Waals surface area (Å²) in [5.41, 5.74) is 2.02. The standard InChI is InChI=1S/C24H14BrCl2NO3/c25-15-7-10-19-17(11-15)22(29)20-21(13-5-8-16(26)9-6-13)28(24(30)23(20)31-19)12-14-3-1-2-4-18(14)27/h1-11,21H,12H2. The van der Waals surface area contributed by atoms with Gasteiger partial charge in [-0.3, -0.25) is 9.59 Å². The van der Waals surface area contributed by atoms with Crippen LogP contribution in [-0.2, 0) is 6.54 Å². The van der Waals surface area contributed by atoms with E-state index in [1.54, 1.807) is 41.3 Å². The molecule has 0 saturated heterocycles. The number of halogens is 3. The van der Waals surface area contributed by atoms with Gasteiger partial charge in [0.25, 0.3) is 5.91 Å². The molecule has 0 fully saturated rings. The van der Waals surface area contributed by atoms with Crippen LogP contribution in [0.2, 0.25) is 10.0 Å². The zero-order valence-electron chi connectivity index (χ0n) is 15.9. The lowest BCUT2D eigenvalue weighted by Gasteiger charge is -2.25. The minimum absolute atomic E-state index is 0.0619. The summed E-state index contributed by atoms with van der Waals surface area (Å²) in [4.78, 5) is 28.6. The lowest BCUT2D eigenvalue weighted by molar-refractivity contribution is 0.0714. The molecule has 3 aromatic carbocycles. The van der Waals surface area contributed by atoms with E-state index in [0.717, 1.165) is 15.6 Å². The minimum Gasteiger partial charge on any atom is -0.450 e. The van der Waals surface area contributed by atoms with Gasteiger partial charge in [-0.25, -0.2) is 0 Å². The highest BCUT2D eigenvalue weighted by atomic mass is 79.9. The first-order chi connectivity index (χ1) is 14.9. The van der Waals surface area contributed by atoms with Crippen molar-refractivity contribution in [2.24, 2.45) is 0 Å². The second kappa shape index (κ2) is 7.83. The van der Waals surface area contributed by atoms with E-state index in [1.165, 1.54) is 0 Å². The third-order valence-electron chi connectivity index (χ3n) is 5.41. The number of carbonyl (C=O) groups excluding carboxylic acids is 1. The highest BCUT2D eigenvalue weighted by Crippen LogP contribution is 2.40. The molecule has 31 heavy (non-hydrogen) atoms. The molecule has 0 spiro atoms. The Morgan fingerprint density at radius 2 is 1.71 bits per heavy atom. The Labute approximate surface area is 196 Å². The summed E-state index contributed by atoms with van der Waals surface area (Å²) in [5, 5.41) is 1.54. The van der Waals surface area contributed by atoms with Gasteiger partial charge in [0.15, 0.2) is 5.43 Å². The highest BCUT2D eigenvalue weighted by molar-refractivity contribution is 9.10. The van der Waals surface area contributed by atoms with Crippen LogP contribution in [0, 0.1) is 0 Å². The van der Waals surface area contributed by atoms with Crippen LogP contribution in [0.15, 0.2) is 80.4 Å². The fourth-order valence-electron chi connectivity index (χ4n) is 3.96. The van der Waals surface area contributed by atoms with Gasteiger partial charge in [0.05, 0.1) is 17.0 Å². The smallest absolute Gasteiger partial charge is 0.291 e. The average molecular weight is 515 g/mol. The normalized spacial score (nSPS) is 15.5. The molecule has 1 unspecified atom stereocenters. The third kappa shape index (κ3) is 3.47. The van der Waals surface area contributed by atoms with E-state index in [-0.39, 0.29) is 23.6 Å². The van der Waals surface area contributed by atoms with Gasteiger partial charge in [-0.05, 0) is 47.5 Å². The molecular formula is C24H14BrCl2NO3. The highest BCUT2D eigenvalue weighted by Gasteiger charge is 2.42. The topological polar surface area (TPSA) is 50.5 Å². The van der Waals surface area contributed by atoms with Gasteiger partial charge in [-0.1, -0.05) is 69.5 Å². The molecule has 1 aliphatic rings. The molecule has 154 valence electrons. The molecular weight excluding hydrogens is 501 g/mol. The van der Waals surface area contributed by atoms with E-state index in [0.29, 0.717) is 26.6 Å². The predicted octanol–water partition coefficient (Wildman–Crippen LogP) is 6.61. The van der Waals surface area contributed by atoms with E-state index in [2.05, 4.69) is 15.9 Å². The van der Waals surface area contributed by atoms with E-state index in [4.69, 9.17) is 27.6 Å². The number of hydrogen-bond donors (Lipinski definition) is 0. The number of nitrogens with zero attached hydrogens (tertiary/aromatic N) is 1. The van der Waals surface area contributed by atoms with Gasteiger partial charge in [0.2, 0.25) is 5.76 Å². The summed E-state index contributed by atoms with van der Waals surface area (Å²) >= 11 is 15.8. The summed E-state index contributed by atoms with van der Waals surface area (Å²) in [6.07, 6.45) is 0. The largest absolute Gasteiger partial charge is 0.450 e. The molecule has 1 atom stereocenters. The SMILES string of the molecule is O=C1c2oc3ccc(Br)cc3c(=O)c2C(c2ccc(Cl)cc2)N1Cc1ccccc1Cl. The maximum absolute atomic E-state index is 13.5. The van der Waals surface area contributed by atoms with Crippen LogP contribution in [0.3, 0.4) is 0 Å². The summed E-state index contributed by atoms with van der Waals surface area (Å²) < 4.78 is 6.71. The van der Waals surface area contributed by atoms with Crippen LogP contribution in [0.5, 0.6) is 0 Å². The molecule has 1 aliphatic heterocycles. The van der Waals surface area contributed by atoms with Crippen molar-refractivity contribution in [3.05, 3.63) is 114 Å². The fraction of sp³-hybridized carbons (Fsp3) is 0.0833. The Balaban J connectivity index is 1.74. The Kier molecular flexibility index (Phi) is 5.13. The van der Waals surface area contributed by atoms with E-state index < -0.39 is 6.04 Å². The molecule has 4 nitrogen and oxygen atoms in total. The van der Waals surface area contributed by atoms with Gasteiger partial charge >= 0.3 is 0 Å². The Morgan fingerprint density at radius 3 is 2.45 bits per heavy atom. The molecule has 0 radical (unpaired) electrons. The van der Waals surface area contributed by atoms with E-state index >= 15 is 0 Å². The van der Waals surface area contributed by atoms with Gasteiger partial charge in [-0.15, -0.1) is 0 Å². The van der Waals surface area contributed by atoms with Crippen molar-refractivity contribution in [1.29, 1.82) is 0 Å². The van der Waals surface area contributed by atoms with E-state index in [9.17, 15) is 9.59 Å². The molecule has 0 bridgehead atoms. The third-order valence-corrected chi connectivity index (χ3v) is 6.53. The zero-order chi connectivity index (χ0) is 21.7. The number of carbonyl (C=O) groups is 1. The van der Waals surface area contributed by atoms with E-state index in [1.807, 2.05) is 30.3 Å². The van der Waals surface area contributed by atoms with Crippen LogP contribution >= 0.6 is 39.1 Å². The lowest BCUT2D eigenvalue weighted by atomic mass is 9.98. The Morgan fingerprint density at radius 1 is 0.968 bits per heavy atom. The maximum atomic E-state index is 13.5. The molecule has 1 amide bonds. The first kappa shape index (κ1) is 20.3. The van der Waals surface area contributed by atoms with Crippen molar-refractivity contribution < 1.29 is 9.21 Å². The van der Waals surface area contributed by atoms with Crippen molar-refractivity contribution in [2.75, 3.05) is 0 Å². The van der Waals surface area contributed by atoms with Gasteiger partial charge in [-0.2, -0.15) is 0 Å². The Bertz CT molecular complexity index is 1400. The van der Waals surface area contributed by atoms with Crippen LogP contribution in [0.4, 0.5) is 0 Å². The van der Waals surface area contributed by atoms with Crippen molar-refractivity contribution >= 4 is 56.0 Å². The fourth-order valence-corrected chi connectivity index (χ4v) is 4.64. The number of rotatable bonds is 3. The Hall–Kier alpha value is -2.60. The first-order valence-corrected chi connectivity index (χ1v) is 11.0. The second-order valence-electron chi connectivity index (χ2n) is 7.29. The molecule has 4 aromatic rings. The molecule has 7 heteroatoms. The van der Waals surface area contributed by atoms with Gasteiger partial charge in [0, 0.05) is 21.1 Å². The first-order valence-electron chi connectivity index (χ1n) is 9.50. The zero-order valence-corrected chi connectivity index (χ0v) is 19.0. The number of benzene rings is 3. The average Bonchev–Trinajstić information content (AvgIpc) is 3.03.